The highest BCUT2D eigenvalue weighted by atomic mass is 16.6. The lowest BCUT2D eigenvalue weighted by molar-refractivity contribution is -0.105. The molecule has 120 valence electrons. The van der Waals surface area contributed by atoms with Crippen LogP contribution in [0.5, 0.6) is 0 Å². The van der Waals surface area contributed by atoms with Gasteiger partial charge in [0.2, 0.25) is 6.41 Å². The van der Waals surface area contributed by atoms with Crippen molar-refractivity contribution in [2.75, 3.05) is 36.4 Å². The minimum atomic E-state index is -0.469. The maximum Gasteiger partial charge on any atom is 0.410 e. The zero-order chi connectivity index (χ0) is 16.2. The second kappa shape index (κ2) is 6.68. The lowest BCUT2D eigenvalue weighted by Crippen LogP contribution is -2.50. The molecule has 0 aliphatic carbocycles. The van der Waals surface area contributed by atoms with Gasteiger partial charge in [0, 0.05) is 37.6 Å². The first kappa shape index (κ1) is 16.1. The van der Waals surface area contributed by atoms with Gasteiger partial charge in [-0.15, -0.1) is 0 Å². The van der Waals surface area contributed by atoms with Crippen molar-refractivity contribution in [2.45, 2.75) is 26.4 Å². The molecule has 1 fully saturated rings. The van der Waals surface area contributed by atoms with E-state index in [4.69, 9.17) is 4.74 Å². The number of hydrogen-bond acceptors (Lipinski definition) is 4. The first-order valence-corrected chi connectivity index (χ1v) is 7.42. The molecule has 0 radical (unpaired) electrons. The smallest absolute Gasteiger partial charge is 0.410 e. The third-order valence-corrected chi connectivity index (χ3v) is 3.37. The predicted octanol–water partition coefficient (Wildman–Crippen LogP) is 2.31. The molecule has 2 rings (SSSR count). The van der Waals surface area contributed by atoms with Crippen molar-refractivity contribution >= 4 is 23.9 Å². The summed E-state index contributed by atoms with van der Waals surface area (Å²) in [4.78, 5) is 26.5. The molecule has 0 saturated carbocycles. The summed E-state index contributed by atoms with van der Waals surface area (Å²) in [6, 6.07) is 7.67. The van der Waals surface area contributed by atoms with Crippen LogP contribution in [0, 0.1) is 0 Å². The van der Waals surface area contributed by atoms with E-state index in [2.05, 4.69) is 10.2 Å². The molecule has 0 atom stereocenters. The van der Waals surface area contributed by atoms with Crippen LogP contribution < -0.4 is 10.2 Å². The van der Waals surface area contributed by atoms with E-state index in [1.54, 1.807) is 4.90 Å². The Morgan fingerprint density at radius 2 is 1.91 bits per heavy atom. The van der Waals surface area contributed by atoms with Crippen LogP contribution in [0.25, 0.3) is 0 Å². The Balaban J connectivity index is 1.93. The zero-order valence-electron chi connectivity index (χ0n) is 13.3. The summed E-state index contributed by atoms with van der Waals surface area (Å²) >= 11 is 0. The van der Waals surface area contributed by atoms with Crippen molar-refractivity contribution in [1.82, 2.24) is 4.90 Å². The topological polar surface area (TPSA) is 61.9 Å². The molecular weight excluding hydrogens is 282 g/mol. The van der Waals surface area contributed by atoms with Gasteiger partial charge in [0.1, 0.15) is 5.60 Å². The van der Waals surface area contributed by atoms with Gasteiger partial charge < -0.3 is 19.9 Å². The predicted molar refractivity (Wildman–Crippen MR) is 86.1 cm³/mol. The normalized spacial score (nSPS) is 15.4. The lowest BCUT2D eigenvalue weighted by Gasteiger charge is -2.36. The number of carbonyl (C=O) groups is 2. The van der Waals surface area contributed by atoms with Crippen LogP contribution in [0.15, 0.2) is 24.3 Å². The van der Waals surface area contributed by atoms with Gasteiger partial charge in [0.15, 0.2) is 0 Å². The fourth-order valence-corrected chi connectivity index (χ4v) is 2.33. The number of nitrogens with one attached hydrogen (secondary N) is 1. The van der Waals surface area contributed by atoms with Gasteiger partial charge in [-0.3, -0.25) is 4.79 Å². The Bertz CT molecular complexity index is 532. The highest BCUT2D eigenvalue weighted by Crippen LogP contribution is 2.21. The summed E-state index contributed by atoms with van der Waals surface area (Å²) in [7, 11) is 0. The maximum absolute atomic E-state index is 12.0. The number of piperazine rings is 1. The standard InChI is InChI=1S/C16H23N3O3/c1-16(2,3)22-15(21)19-9-7-18(8-10-19)14-6-4-5-13(11-14)17-12-20/h4-6,11-12H,7-10H2,1-3H3,(H,17,20). The van der Waals surface area contributed by atoms with Crippen molar-refractivity contribution in [2.24, 2.45) is 0 Å². The minimum absolute atomic E-state index is 0.261. The van der Waals surface area contributed by atoms with Crippen LogP contribution in [0.2, 0.25) is 0 Å². The molecule has 6 heteroatoms. The second-order valence-corrected chi connectivity index (χ2v) is 6.27. The van der Waals surface area contributed by atoms with Gasteiger partial charge in [-0.2, -0.15) is 0 Å². The fraction of sp³-hybridized carbons (Fsp3) is 0.500. The Labute approximate surface area is 131 Å². The molecule has 0 unspecified atom stereocenters. The van der Waals surface area contributed by atoms with Gasteiger partial charge in [-0.05, 0) is 39.0 Å². The number of hydrogen-bond donors (Lipinski definition) is 1. The van der Waals surface area contributed by atoms with E-state index in [1.165, 1.54) is 0 Å². The Kier molecular flexibility index (Phi) is 4.90. The summed E-state index contributed by atoms with van der Waals surface area (Å²) < 4.78 is 5.39. The molecule has 2 amide bonds. The number of ether oxygens (including phenoxy) is 1. The van der Waals surface area contributed by atoms with Crippen molar-refractivity contribution in [3.8, 4) is 0 Å². The van der Waals surface area contributed by atoms with Gasteiger partial charge in [-0.1, -0.05) is 6.07 Å². The van der Waals surface area contributed by atoms with Crippen LogP contribution in [-0.2, 0) is 9.53 Å². The molecule has 6 nitrogen and oxygen atoms in total. The molecule has 22 heavy (non-hydrogen) atoms. The third kappa shape index (κ3) is 4.38. The average Bonchev–Trinajstić information content (AvgIpc) is 2.46. The van der Waals surface area contributed by atoms with Crippen molar-refractivity contribution in [3.05, 3.63) is 24.3 Å². The van der Waals surface area contributed by atoms with Gasteiger partial charge in [0.05, 0.1) is 0 Å². The molecule has 1 N–H and O–H groups in total. The Morgan fingerprint density at radius 3 is 2.50 bits per heavy atom. The number of amides is 2. The molecule has 1 aromatic rings. The number of benzene rings is 1. The molecule has 1 aliphatic rings. The van der Waals surface area contributed by atoms with Crippen LogP contribution in [-0.4, -0.2) is 49.2 Å². The first-order valence-electron chi connectivity index (χ1n) is 7.42. The fourth-order valence-electron chi connectivity index (χ4n) is 2.33. The minimum Gasteiger partial charge on any atom is -0.444 e. The van der Waals surface area contributed by atoms with Crippen LogP contribution >= 0.6 is 0 Å². The number of carbonyl (C=O) groups excluding carboxylic acids is 2. The number of nitrogens with zero attached hydrogens (tertiary/aromatic N) is 2. The highest BCUT2D eigenvalue weighted by molar-refractivity contribution is 5.73. The Morgan fingerprint density at radius 1 is 1.23 bits per heavy atom. The monoisotopic (exact) mass is 305 g/mol. The second-order valence-electron chi connectivity index (χ2n) is 6.27. The molecule has 0 spiro atoms. The maximum atomic E-state index is 12.0. The van der Waals surface area contributed by atoms with Crippen molar-refractivity contribution < 1.29 is 14.3 Å². The van der Waals surface area contributed by atoms with Crippen LogP contribution in [0.4, 0.5) is 16.2 Å². The zero-order valence-corrected chi connectivity index (χ0v) is 13.3. The highest BCUT2D eigenvalue weighted by Gasteiger charge is 2.25. The van der Waals surface area contributed by atoms with E-state index < -0.39 is 5.60 Å². The summed E-state index contributed by atoms with van der Waals surface area (Å²) in [5.74, 6) is 0. The molecule has 1 aliphatic heterocycles. The molecule has 1 aromatic carbocycles. The van der Waals surface area contributed by atoms with Crippen molar-refractivity contribution in [1.29, 1.82) is 0 Å². The first-order chi connectivity index (χ1) is 10.4. The van der Waals surface area contributed by atoms with E-state index in [0.717, 1.165) is 24.5 Å². The summed E-state index contributed by atoms with van der Waals surface area (Å²) in [6.07, 6.45) is 0.406. The SMILES string of the molecule is CC(C)(C)OC(=O)N1CCN(c2cccc(NC=O)c2)CC1. The lowest BCUT2D eigenvalue weighted by atomic mass is 10.2. The summed E-state index contributed by atoms with van der Waals surface area (Å²) in [5.41, 5.74) is 1.33. The quantitative estimate of drug-likeness (QED) is 0.871. The van der Waals surface area contributed by atoms with Gasteiger partial charge in [0.25, 0.3) is 0 Å². The number of rotatable bonds is 3. The van der Waals surface area contributed by atoms with E-state index in [1.807, 2.05) is 45.0 Å². The van der Waals surface area contributed by atoms with E-state index in [9.17, 15) is 9.59 Å². The largest absolute Gasteiger partial charge is 0.444 e. The van der Waals surface area contributed by atoms with Gasteiger partial charge >= 0.3 is 6.09 Å². The van der Waals surface area contributed by atoms with Gasteiger partial charge in [-0.25, -0.2) is 4.79 Å². The van der Waals surface area contributed by atoms with Crippen LogP contribution in [0.1, 0.15) is 20.8 Å². The van der Waals surface area contributed by atoms with Crippen LogP contribution in [0.3, 0.4) is 0 Å². The van der Waals surface area contributed by atoms with E-state index in [-0.39, 0.29) is 6.09 Å². The number of anilines is 2. The van der Waals surface area contributed by atoms with Crippen molar-refractivity contribution in [3.63, 3.8) is 0 Å². The summed E-state index contributed by atoms with van der Waals surface area (Å²) in [5, 5.41) is 2.65. The molecule has 1 heterocycles. The third-order valence-electron chi connectivity index (χ3n) is 3.37. The molecule has 0 bridgehead atoms. The Hall–Kier alpha value is -2.24. The molecule has 0 aromatic heterocycles. The van der Waals surface area contributed by atoms with E-state index >= 15 is 0 Å². The van der Waals surface area contributed by atoms with E-state index in [0.29, 0.717) is 19.5 Å². The summed E-state index contributed by atoms with van der Waals surface area (Å²) in [6.45, 7) is 8.33. The average molecular weight is 305 g/mol. The molecule has 1 saturated heterocycles. The molecular formula is C16H23N3O3.